The molecule has 1 aromatic carbocycles. The molecule has 1 saturated heterocycles. The highest BCUT2D eigenvalue weighted by atomic mass is 32.1. The largest absolute Gasteiger partial charge is 0.462 e. The van der Waals surface area contributed by atoms with Crippen LogP contribution in [0.2, 0.25) is 0 Å². The monoisotopic (exact) mass is 487 g/mol. The number of aryl methyl sites for hydroxylation is 1. The van der Waals surface area contributed by atoms with Gasteiger partial charge >= 0.3 is 11.9 Å². The van der Waals surface area contributed by atoms with Gasteiger partial charge in [0.15, 0.2) is 0 Å². The molecule has 34 heavy (non-hydrogen) atoms. The summed E-state index contributed by atoms with van der Waals surface area (Å²) in [5.41, 5.74) is 3.21. The van der Waals surface area contributed by atoms with Crippen LogP contribution in [0.5, 0.6) is 0 Å². The summed E-state index contributed by atoms with van der Waals surface area (Å²) in [6.45, 7) is 12.0. The number of nitrogens with one attached hydrogen (secondary N) is 1. The molecule has 1 amide bonds. The molecule has 0 atom stereocenters. The Hall–Kier alpha value is -2.75. The summed E-state index contributed by atoms with van der Waals surface area (Å²) >= 11 is 1.05. The Kier molecular flexibility index (Phi) is 9.20. The van der Waals surface area contributed by atoms with Crippen molar-refractivity contribution in [1.29, 1.82) is 0 Å². The van der Waals surface area contributed by atoms with Crippen molar-refractivity contribution in [3.63, 3.8) is 0 Å². The maximum atomic E-state index is 12.8. The Balaban J connectivity index is 1.59. The zero-order valence-corrected chi connectivity index (χ0v) is 21.1. The third kappa shape index (κ3) is 6.65. The Morgan fingerprint density at radius 1 is 0.912 bits per heavy atom. The smallest absolute Gasteiger partial charge is 0.348 e. The van der Waals surface area contributed by atoms with E-state index in [4.69, 9.17) is 9.47 Å². The van der Waals surface area contributed by atoms with Gasteiger partial charge in [0.2, 0.25) is 5.91 Å². The van der Waals surface area contributed by atoms with Crippen molar-refractivity contribution < 1.29 is 23.9 Å². The van der Waals surface area contributed by atoms with E-state index in [9.17, 15) is 14.4 Å². The predicted molar refractivity (Wildman–Crippen MR) is 132 cm³/mol. The number of thiophene rings is 1. The van der Waals surface area contributed by atoms with Crippen molar-refractivity contribution in [1.82, 2.24) is 9.80 Å². The lowest BCUT2D eigenvalue weighted by atomic mass is 10.1. The Morgan fingerprint density at radius 3 is 2.12 bits per heavy atom. The Bertz CT molecular complexity index is 1010. The molecule has 2 aromatic rings. The van der Waals surface area contributed by atoms with Crippen LogP contribution in [0, 0.1) is 13.8 Å². The van der Waals surface area contributed by atoms with Gasteiger partial charge in [-0.2, -0.15) is 0 Å². The lowest BCUT2D eigenvalue weighted by Crippen LogP contribution is -2.48. The molecule has 0 aliphatic carbocycles. The lowest BCUT2D eigenvalue weighted by Gasteiger charge is -2.34. The van der Waals surface area contributed by atoms with Gasteiger partial charge in [0.25, 0.3) is 0 Å². The first kappa shape index (κ1) is 25.9. The molecule has 0 radical (unpaired) electrons. The second-order valence-corrected chi connectivity index (χ2v) is 9.31. The zero-order valence-electron chi connectivity index (χ0n) is 20.3. The van der Waals surface area contributed by atoms with Crippen LogP contribution in [-0.4, -0.2) is 73.6 Å². The SMILES string of the molecule is CCOC(=O)c1sc(NC(=O)CN2CCN(Cc3ccc(C)cc3)CC2)c(C(=O)OCC)c1C. The summed E-state index contributed by atoms with van der Waals surface area (Å²) in [5.74, 6) is -1.30. The van der Waals surface area contributed by atoms with Crippen LogP contribution in [0.25, 0.3) is 0 Å². The molecule has 1 aromatic heterocycles. The highest BCUT2D eigenvalue weighted by Gasteiger charge is 2.28. The second kappa shape index (κ2) is 12.1. The van der Waals surface area contributed by atoms with E-state index >= 15 is 0 Å². The molecule has 3 rings (SSSR count). The molecule has 1 aliphatic rings. The van der Waals surface area contributed by atoms with Crippen LogP contribution in [0.4, 0.5) is 5.00 Å². The molecule has 0 saturated carbocycles. The number of anilines is 1. The van der Waals surface area contributed by atoms with Crippen molar-refractivity contribution in [3.05, 3.63) is 51.4 Å². The molecule has 9 heteroatoms. The summed E-state index contributed by atoms with van der Waals surface area (Å²) in [7, 11) is 0. The third-order valence-electron chi connectivity index (χ3n) is 5.70. The number of hydrogen-bond acceptors (Lipinski definition) is 8. The van der Waals surface area contributed by atoms with Crippen LogP contribution in [0.15, 0.2) is 24.3 Å². The summed E-state index contributed by atoms with van der Waals surface area (Å²) in [6.07, 6.45) is 0. The van der Waals surface area contributed by atoms with E-state index in [-0.39, 0.29) is 31.2 Å². The van der Waals surface area contributed by atoms with Crippen LogP contribution >= 0.6 is 11.3 Å². The van der Waals surface area contributed by atoms with Gasteiger partial charge in [-0.1, -0.05) is 29.8 Å². The molecule has 0 bridgehead atoms. The average molecular weight is 488 g/mol. The minimum absolute atomic E-state index is 0.198. The number of amides is 1. The normalized spacial score (nSPS) is 14.6. The molecule has 8 nitrogen and oxygen atoms in total. The van der Waals surface area contributed by atoms with Gasteiger partial charge in [-0.25, -0.2) is 9.59 Å². The summed E-state index contributed by atoms with van der Waals surface area (Å²) in [5, 5.41) is 3.15. The molecule has 1 aliphatic heterocycles. The van der Waals surface area contributed by atoms with Gasteiger partial charge in [0.1, 0.15) is 9.88 Å². The number of rotatable bonds is 9. The van der Waals surface area contributed by atoms with E-state index in [1.165, 1.54) is 11.1 Å². The molecular formula is C25H33N3O5S. The summed E-state index contributed by atoms with van der Waals surface area (Å²) in [6, 6.07) is 8.56. The van der Waals surface area contributed by atoms with E-state index < -0.39 is 11.9 Å². The maximum absolute atomic E-state index is 12.8. The molecule has 0 spiro atoms. The number of nitrogens with zero attached hydrogens (tertiary/aromatic N) is 2. The van der Waals surface area contributed by atoms with Crippen molar-refractivity contribution in [2.24, 2.45) is 0 Å². The highest BCUT2D eigenvalue weighted by Crippen LogP contribution is 2.34. The molecule has 184 valence electrons. The van der Waals surface area contributed by atoms with Gasteiger partial charge in [-0.15, -0.1) is 11.3 Å². The van der Waals surface area contributed by atoms with Gasteiger partial charge in [-0.05, 0) is 38.8 Å². The number of esters is 2. The minimum atomic E-state index is -0.563. The van der Waals surface area contributed by atoms with Crippen LogP contribution in [0.1, 0.15) is 50.6 Å². The third-order valence-corrected chi connectivity index (χ3v) is 6.89. The zero-order chi connectivity index (χ0) is 24.7. The topological polar surface area (TPSA) is 88.2 Å². The van der Waals surface area contributed by atoms with Crippen LogP contribution in [-0.2, 0) is 20.8 Å². The molecule has 2 heterocycles. The fourth-order valence-corrected chi connectivity index (χ4v) is 4.97. The minimum Gasteiger partial charge on any atom is -0.462 e. The van der Waals surface area contributed by atoms with Crippen LogP contribution in [0.3, 0.4) is 0 Å². The van der Waals surface area contributed by atoms with Crippen molar-refractivity contribution in [3.8, 4) is 0 Å². The average Bonchev–Trinajstić information content (AvgIpc) is 3.12. The van der Waals surface area contributed by atoms with E-state index in [0.717, 1.165) is 44.1 Å². The fraction of sp³-hybridized carbons (Fsp3) is 0.480. The fourth-order valence-electron chi connectivity index (χ4n) is 3.87. The van der Waals surface area contributed by atoms with Gasteiger partial charge in [0.05, 0.1) is 25.3 Å². The first-order chi connectivity index (χ1) is 16.3. The number of benzene rings is 1. The Labute approximate surface area is 204 Å². The standard InChI is InChI=1S/C25H33N3O5S/c1-5-32-24(30)21-18(4)22(25(31)33-6-2)34-23(21)26-20(29)16-28-13-11-27(12-14-28)15-19-9-7-17(3)8-10-19/h7-10H,5-6,11-16H2,1-4H3,(H,26,29). The van der Waals surface area contributed by atoms with Crippen molar-refractivity contribution in [2.45, 2.75) is 34.2 Å². The van der Waals surface area contributed by atoms with Crippen LogP contribution < -0.4 is 5.32 Å². The number of carbonyl (C=O) groups excluding carboxylic acids is 3. The molecule has 1 fully saturated rings. The number of hydrogen-bond donors (Lipinski definition) is 1. The van der Waals surface area contributed by atoms with Gasteiger partial charge in [0, 0.05) is 32.7 Å². The first-order valence-corrected chi connectivity index (χ1v) is 12.4. The molecule has 0 unspecified atom stereocenters. The number of piperazine rings is 1. The first-order valence-electron chi connectivity index (χ1n) is 11.6. The van der Waals surface area contributed by atoms with E-state index in [0.29, 0.717) is 15.4 Å². The Morgan fingerprint density at radius 2 is 1.50 bits per heavy atom. The molecule has 1 N–H and O–H groups in total. The van der Waals surface area contributed by atoms with E-state index in [1.54, 1.807) is 20.8 Å². The summed E-state index contributed by atoms with van der Waals surface area (Å²) < 4.78 is 10.2. The van der Waals surface area contributed by atoms with E-state index in [1.807, 2.05) is 0 Å². The van der Waals surface area contributed by atoms with E-state index in [2.05, 4.69) is 46.3 Å². The maximum Gasteiger partial charge on any atom is 0.348 e. The predicted octanol–water partition coefficient (Wildman–Crippen LogP) is 3.47. The highest BCUT2D eigenvalue weighted by molar-refractivity contribution is 7.18. The molecular weight excluding hydrogens is 454 g/mol. The number of carbonyl (C=O) groups is 3. The number of ether oxygens (including phenoxy) is 2. The van der Waals surface area contributed by atoms with Crippen molar-refractivity contribution in [2.75, 3.05) is 51.3 Å². The lowest BCUT2D eigenvalue weighted by molar-refractivity contribution is -0.117. The van der Waals surface area contributed by atoms with Gasteiger partial charge < -0.3 is 14.8 Å². The van der Waals surface area contributed by atoms with Crippen molar-refractivity contribution >= 4 is 34.2 Å². The van der Waals surface area contributed by atoms with Gasteiger partial charge in [-0.3, -0.25) is 14.6 Å². The second-order valence-electron chi connectivity index (χ2n) is 8.29. The summed E-state index contributed by atoms with van der Waals surface area (Å²) in [4.78, 5) is 42.4. The quantitative estimate of drug-likeness (QED) is 0.542.